The molecule has 448 valence electrons. The largest absolute Gasteiger partial charge is 0.479 e. The number of unbranched alkanes of at least 4 members (excludes halogenated alkanes) is 35. The highest BCUT2D eigenvalue weighted by Gasteiger charge is 2.50. The SMILES string of the molecule is CCCCCC/C=C\CCCCCCCC(=O)OC1C(OCC(COC(=O)CCCCCCCCC/C=C\CCCCCCCC)OC(=O)CCCCCCCCC/C=C\CCCCCCCC)OC(C(=O)O)C(O)C1O. The third-order valence-electron chi connectivity index (χ3n) is 14.7. The number of hydrogen-bond acceptors (Lipinski definition) is 11. The molecule has 0 radical (unpaired) electrons. The lowest BCUT2D eigenvalue weighted by Gasteiger charge is -2.40. The molecule has 1 heterocycles. The van der Waals surface area contributed by atoms with E-state index in [1.165, 1.54) is 148 Å². The summed E-state index contributed by atoms with van der Waals surface area (Å²) in [5.74, 6) is -3.11. The number of aliphatic hydroxyl groups is 2. The predicted molar refractivity (Wildman–Crippen MR) is 313 cm³/mol. The molecule has 0 aromatic heterocycles. The quantitative estimate of drug-likeness (QED) is 0.0228. The Morgan fingerprint density at radius 3 is 1.12 bits per heavy atom. The minimum atomic E-state index is -1.90. The predicted octanol–water partition coefficient (Wildman–Crippen LogP) is 16.8. The molecule has 12 nitrogen and oxygen atoms in total. The van der Waals surface area contributed by atoms with Crippen LogP contribution in [0.4, 0.5) is 0 Å². The van der Waals surface area contributed by atoms with Gasteiger partial charge in [-0.2, -0.15) is 0 Å². The summed E-state index contributed by atoms with van der Waals surface area (Å²) in [6, 6.07) is 0. The summed E-state index contributed by atoms with van der Waals surface area (Å²) in [6.07, 6.45) is 51.0. The van der Waals surface area contributed by atoms with Crippen LogP contribution in [0.2, 0.25) is 0 Å². The number of carbonyl (C=O) groups is 4. The van der Waals surface area contributed by atoms with Crippen LogP contribution in [0.15, 0.2) is 36.5 Å². The molecular weight excluding hydrogens is 973 g/mol. The van der Waals surface area contributed by atoms with Gasteiger partial charge in [-0.1, -0.05) is 224 Å². The normalized spacial score (nSPS) is 18.2. The van der Waals surface area contributed by atoms with Crippen molar-refractivity contribution in [2.45, 2.75) is 340 Å². The lowest BCUT2D eigenvalue weighted by atomic mass is 9.98. The molecule has 0 aromatic carbocycles. The Balaban J connectivity index is 2.67. The minimum Gasteiger partial charge on any atom is -0.479 e. The lowest BCUT2D eigenvalue weighted by Crippen LogP contribution is -2.61. The summed E-state index contributed by atoms with van der Waals surface area (Å²) >= 11 is 0. The molecule has 0 spiro atoms. The van der Waals surface area contributed by atoms with Gasteiger partial charge in [0.15, 0.2) is 24.6 Å². The molecule has 6 atom stereocenters. The van der Waals surface area contributed by atoms with Crippen LogP contribution in [-0.4, -0.2) is 89.2 Å². The number of carboxylic acid groups (broad SMARTS) is 1. The number of allylic oxidation sites excluding steroid dienone is 6. The number of rotatable bonds is 55. The maximum Gasteiger partial charge on any atom is 0.335 e. The summed E-state index contributed by atoms with van der Waals surface area (Å²) < 4.78 is 28.5. The van der Waals surface area contributed by atoms with Gasteiger partial charge in [-0.25, -0.2) is 4.79 Å². The number of esters is 3. The van der Waals surface area contributed by atoms with Gasteiger partial charge in [0.2, 0.25) is 0 Å². The molecule has 0 saturated carbocycles. The lowest BCUT2D eigenvalue weighted by molar-refractivity contribution is -0.301. The van der Waals surface area contributed by atoms with Crippen LogP contribution in [-0.2, 0) is 42.9 Å². The van der Waals surface area contributed by atoms with Crippen molar-refractivity contribution < 1.29 is 58.2 Å². The van der Waals surface area contributed by atoms with E-state index in [0.29, 0.717) is 19.3 Å². The maximum atomic E-state index is 13.2. The molecule has 0 amide bonds. The van der Waals surface area contributed by atoms with Crippen LogP contribution >= 0.6 is 0 Å². The average molecular weight is 1090 g/mol. The number of hydrogen-bond donors (Lipinski definition) is 3. The van der Waals surface area contributed by atoms with Crippen LogP contribution in [0.5, 0.6) is 0 Å². The van der Waals surface area contributed by atoms with Crippen molar-refractivity contribution in [1.82, 2.24) is 0 Å². The fraction of sp³-hybridized carbons (Fsp3) is 0.846. The monoisotopic (exact) mass is 1090 g/mol. The van der Waals surface area contributed by atoms with Crippen LogP contribution < -0.4 is 0 Å². The molecular formula is C65H116O12. The van der Waals surface area contributed by atoms with Gasteiger partial charge in [-0.3, -0.25) is 14.4 Å². The van der Waals surface area contributed by atoms with Crippen molar-refractivity contribution in [1.29, 1.82) is 0 Å². The molecule has 12 heteroatoms. The van der Waals surface area contributed by atoms with Gasteiger partial charge in [0.1, 0.15) is 18.8 Å². The first-order chi connectivity index (χ1) is 37.6. The Morgan fingerprint density at radius 2 is 0.740 bits per heavy atom. The first-order valence-corrected chi connectivity index (χ1v) is 32.0. The average Bonchev–Trinajstić information content (AvgIpc) is 3.42. The van der Waals surface area contributed by atoms with Crippen molar-refractivity contribution >= 4 is 23.9 Å². The van der Waals surface area contributed by atoms with Crippen LogP contribution in [0, 0.1) is 0 Å². The zero-order valence-electron chi connectivity index (χ0n) is 49.5. The van der Waals surface area contributed by atoms with E-state index in [4.69, 9.17) is 23.7 Å². The molecule has 6 unspecified atom stereocenters. The van der Waals surface area contributed by atoms with E-state index in [9.17, 15) is 34.5 Å². The second-order valence-electron chi connectivity index (χ2n) is 22.0. The van der Waals surface area contributed by atoms with Gasteiger partial charge in [-0.05, 0) is 96.3 Å². The zero-order chi connectivity index (χ0) is 56.1. The Hall–Kier alpha value is -3.06. The molecule has 0 aromatic rings. The van der Waals surface area contributed by atoms with E-state index < -0.39 is 67.3 Å². The van der Waals surface area contributed by atoms with Crippen LogP contribution in [0.25, 0.3) is 0 Å². The van der Waals surface area contributed by atoms with E-state index in [0.717, 1.165) is 96.3 Å². The fourth-order valence-corrected chi connectivity index (χ4v) is 9.71. The molecule has 1 fully saturated rings. The fourth-order valence-electron chi connectivity index (χ4n) is 9.71. The summed E-state index contributed by atoms with van der Waals surface area (Å²) in [4.78, 5) is 51.2. The van der Waals surface area contributed by atoms with Gasteiger partial charge in [0.25, 0.3) is 0 Å². The Morgan fingerprint density at radius 1 is 0.416 bits per heavy atom. The zero-order valence-corrected chi connectivity index (χ0v) is 49.5. The van der Waals surface area contributed by atoms with Gasteiger partial charge in [0, 0.05) is 19.3 Å². The first-order valence-electron chi connectivity index (χ1n) is 32.0. The Labute approximate surface area is 470 Å². The molecule has 3 N–H and O–H groups in total. The molecule has 1 aliphatic heterocycles. The third-order valence-corrected chi connectivity index (χ3v) is 14.7. The molecule has 1 aliphatic rings. The molecule has 0 aliphatic carbocycles. The smallest absolute Gasteiger partial charge is 0.335 e. The van der Waals surface area contributed by atoms with Gasteiger partial charge < -0.3 is 39.0 Å². The van der Waals surface area contributed by atoms with E-state index in [-0.39, 0.29) is 25.9 Å². The second-order valence-corrected chi connectivity index (χ2v) is 22.0. The van der Waals surface area contributed by atoms with E-state index in [1.807, 2.05) is 0 Å². The van der Waals surface area contributed by atoms with Crippen molar-refractivity contribution in [3.8, 4) is 0 Å². The molecule has 1 rings (SSSR count). The molecule has 1 saturated heterocycles. The van der Waals surface area contributed by atoms with Crippen molar-refractivity contribution in [3.05, 3.63) is 36.5 Å². The van der Waals surface area contributed by atoms with Gasteiger partial charge in [0.05, 0.1) is 6.61 Å². The first kappa shape index (κ1) is 72.0. The Kier molecular flexibility index (Phi) is 50.1. The highest BCUT2D eigenvalue weighted by atomic mass is 16.7. The summed E-state index contributed by atoms with van der Waals surface area (Å²) in [7, 11) is 0. The molecule has 77 heavy (non-hydrogen) atoms. The van der Waals surface area contributed by atoms with Crippen molar-refractivity contribution in [2.75, 3.05) is 13.2 Å². The third kappa shape index (κ3) is 43.4. The highest BCUT2D eigenvalue weighted by Crippen LogP contribution is 2.27. The summed E-state index contributed by atoms with van der Waals surface area (Å²) in [6.45, 7) is 5.99. The van der Waals surface area contributed by atoms with Crippen molar-refractivity contribution in [3.63, 3.8) is 0 Å². The summed E-state index contributed by atoms with van der Waals surface area (Å²) in [5, 5.41) is 31.5. The van der Waals surface area contributed by atoms with E-state index in [2.05, 4.69) is 57.2 Å². The standard InChI is InChI=1S/C65H116O12/c1-4-7-10-13-16-19-22-25-27-29-31-34-36-39-42-45-48-51-57(66)73-54-56(75-58(67)52-49-46-43-40-38-35-32-30-28-26-23-20-17-14-11-8-5-2)55-74-65-63(61(70)60(69)62(77-65)64(71)72)76-59(68)53-50-47-44-41-37-33-24-21-18-15-12-9-6-3/h21,24-28,56,60-63,65,69-70H,4-20,22-23,29-55H2,1-3H3,(H,71,72)/b24-21-,27-25-,28-26-. The van der Waals surface area contributed by atoms with Crippen LogP contribution in [0.1, 0.15) is 303 Å². The highest BCUT2D eigenvalue weighted by molar-refractivity contribution is 5.74. The molecule has 0 bridgehead atoms. The Bertz CT molecular complexity index is 1480. The van der Waals surface area contributed by atoms with E-state index >= 15 is 0 Å². The maximum absolute atomic E-state index is 13.2. The van der Waals surface area contributed by atoms with Crippen LogP contribution in [0.3, 0.4) is 0 Å². The topological polar surface area (TPSA) is 175 Å². The van der Waals surface area contributed by atoms with Gasteiger partial charge in [-0.15, -0.1) is 0 Å². The summed E-state index contributed by atoms with van der Waals surface area (Å²) in [5.41, 5.74) is 0. The van der Waals surface area contributed by atoms with Gasteiger partial charge >= 0.3 is 23.9 Å². The number of carboxylic acids is 1. The second kappa shape index (κ2) is 53.6. The minimum absolute atomic E-state index is 0.0521. The van der Waals surface area contributed by atoms with Crippen molar-refractivity contribution in [2.24, 2.45) is 0 Å². The number of aliphatic carboxylic acids is 1. The van der Waals surface area contributed by atoms with E-state index in [1.54, 1.807) is 0 Å². The number of ether oxygens (including phenoxy) is 5. The number of aliphatic hydroxyl groups excluding tert-OH is 2. The number of carbonyl (C=O) groups excluding carboxylic acids is 3.